The molecule has 1 aliphatic heterocycles. The molecule has 0 saturated carbocycles. The molecule has 1 atom stereocenters. The van der Waals surface area contributed by atoms with Gasteiger partial charge in [-0.2, -0.15) is 0 Å². The van der Waals surface area contributed by atoms with Crippen LogP contribution in [-0.4, -0.2) is 37.0 Å². The fraction of sp³-hybridized carbons (Fsp3) is 0.368. The van der Waals surface area contributed by atoms with Gasteiger partial charge in [-0.1, -0.05) is 30.3 Å². The summed E-state index contributed by atoms with van der Waals surface area (Å²) in [6.07, 6.45) is -2.88. The highest BCUT2D eigenvalue weighted by Crippen LogP contribution is 2.24. The largest absolute Gasteiger partial charge is 0.573 e. The summed E-state index contributed by atoms with van der Waals surface area (Å²) in [6.45, 7) is 2.54. The number of rotatable bonds is 6. The molecular weight excluding hydrogens is 331 g/mol. The maximum absolute atomic E-state index is 12.3. The van der Waals surface area contributed by atoms with Crippen molar-refractivity contribution in [1.82, 2.24) is 4.90 Å². The molecule has 2 aromatic carbocycles. The molecule has 25 heavy (non-hydrogen) atoms. The molecule has 0 N–H and O–H groups in total. The van der Waals surface area contributed by atoms with Crippen LogP contribution in [0.2, 0.25) is 0 Å². The number of benzene rings is 2. The number of halogens is 3. The topological polar surface area (TPSA) is 21.7 Å². The first-order valence-corrected chi connectivity index (χ1v) is 8.27. The molecule has 0 radical (unpaired) electrons. The van der Waals surface area contributed by atoms with E-state index in [-0.39, 0.29) is 11.9 Å². The Bertz CT molecular complexity index is 676. The highest BCUT2D eigenvalue weighted by molar-refractivity contribution is 5.29. The van der Waals surface area contributed by atoms with Gasteiger partial charge in [0.05, 0.1) is 0 Å². The Balaban J connectivity index is 1.47. The third-order valence-corrected chi connectivity index (χ3v) is 4.12. The monoisotopic (exact) mass is 351 g/mol. The summed E-state index contributed by atoms with van der Waals surface area (Å²) < 4.78 is 46.8. The summed E-state index contributed by atoms with van der Waals surface area (Å²) in [5, 5.41) is 0. The van der Waals surface area contributed by atoms with Gasteiger partial charge in [0.15, 0.2) is 0 Å². The van der Waals surface area contributed by atoms with Crippen LogP contribution in [0.5, 0.6) is 11.5 Å². The average molecular weight is 351 g/mol. The molecule has 2 aromatic rings. The summed E-state index contributed by atoms with van der Waals surface area (Å²) in [6, 6.07) is 15.9. The summed E-state index contributed by atoms with van der Waals surface area (Å²) >= 11 is 0. The number of likely N-dealkylation sites (tertiary alicyclic amines) is 1. The van der Waals surface area contributed by atoms with Gasteiger partial charge in [-0.15, -0.1) is 13.2 Å². The second kappa shape index (κ2) is 7.78. The van der Waals surface area contributed by atoms with Gasteiger partial charge in [0.25, 0.3) is 0 Å². The van der Waals surface area contributed by atoms with Gasteiger partial charge in [-0.05, 0) is 42.7 Å². The van der Waals surface area contributed by atoms with Gasteiger partial charge in [0.2, 0.25) is 0 Å². The fourth-order valence-electron chi connectivity index (χ4n) is 2.97. The van der Waals surface area contributed by atoms with Gasteiger partial charge in [-0.3, -0.25) is 4.90 Å². The molecular formula is C19H20F3NO2. The highest BCUT2D eigenvalue weighted by Gasteiger charge is 2.31. The molecule has 0 aliphatic carbocycles. The maximum Gasteiger partial charge on any atom is 0.573 e. The maximum atomic E-state index is 12.3. The van der Waals surface area contributed by atoms with Crippen LogP contribution in [0.15, 0.2) is 54.6 Å². The zero-order valence-corrected chi connectivity index (χ0v) is 13.7. The predicted octanol–water partition coefficient (Wildman–Crippen LogP) is 4.28. The molecule has 6 heteroatoms. The Morgan fingerprint density at radius 1 is 1.00 bits per heavy atom. The second-order valence-electron chi connectivity index (χ2n) is 6.09. The lowest BCUT2D eigenvalue weighted by atomic mass is 10.1. The minimum absolute atomic E-state index is 0.155. The Kier molecular flexibility index (Phi) is 5.48. The van der Waals surface area contributed by atoms with Crippen molar-refractivity contribution in [2.24, 2.45) is 0 Å². The fourth-order valence-corrected chi connectivity index (χ4v) is 2.97. The Labute approximate surface area is 145 Å². The predicted molar refractivity (Wildman–Crippen MR) is 88.7 cm³/mol. The molecule has 3 nitrogen and oxygen atoms in total. The minimum Gasteiger partial charge on any atom is -0.489 e. The first-order valence-electron chi connectivity index (χ1n) is 8.27. The van der Waals surface area contributed by atoms with Crippen molar-refractivity contribution < 1.29 is 22.6 Å². The van der Waals surface area contributed by atoms with Crippen LogP contribution in [0.25, 0.3) is 0 Å². The standard InChI is InChI=1S/C19H20F3NO2/c20-19(21,22)25-17-8-4-5-15(13-17)9-11-23-12-10-18(14-23)24-16-6-2-1-3-7-16/h1-8,13,18H,9-12,14H2. The van der Waals surface area contributed by atoms with Crippen LogP contribution in [0.1, 0.15) is 12.0 Å². The number of hydrogen-bond donors (Lipinski definition) is 0. The number of hydrogen-bond acceptors (Lipinski definition) is 3. The van der Waals surface area contributed by atoms with Crippen molar-refractivity contribution in [2.75, 3.05) is 19.6 Å². The van der Waals surface area contributed by atoms with Crippen molar-refractivity contribution in [1.29, 1.82) is 0 Å². The zero-order chi connectivity index (χ0) is 17.7. The summed E-state index contributed by atoms with van der Waals surface area (Å²) in [5.41, 5.74) is 0.828. The average Bonchev–Trinajstić information content (AvgIpc) is 3.00. The van der Waals surface area contributed by atoms with E-state index in [1.165, 1.54) is 12.1 Å². The van der Waals surface area contributed by atoms with E-state index in [9.17, 15) is 13.2 Å². The molecule has 0 amide bonds. The lowest BCUT2D eigenvalue weighted by molar-refractivity contribution is -0.274. The van der Waals surface area contributed by atoms with Gasteiger partial charge in [0.1, 0.15) is 17.6 Å². The SMILES string of the molecule is FC(F)(F)Oc1cccc(CCN2CCC(Oc3ccccc3)C2)c1. The molecule has 0 spiro atoms. The quantitative estimate of drug-likeness (QED) is 0.775. The minimum atomic E-state index is -4.66. The smallest absolute Gasteiger partial charge is 0.489 e. The summed E-state index contributed by atoms with van der Waals surface area (Å²) in [4.78, 5) is 2.27. The van der Waals surface area contributed by atoms with E-state index in [4.69, 9.17) is 4.74 Å². The van der Waals surface area contributed by atoms with E-state index >= 15 is 0 Å². The van der Waals surface area contributed by atoms with Crippen molar-refractivity contribution in [3.63, 3.8) is 0 Å². The van der Waals surface area contributed by atoms with Gasteiger partial charge < -0.3 is 9.47 Å². The highest BCUT2D eigenvalue weighted by atomic mass is 19.4. The Morgan fingerprint density at radius 2 is 1.76 bits per heavy atom. The number of para-hydroxylation sites is 1. The molecule has 3 rings (SSSR count). The molecule has 1 fully saturated rings. The van der Waals surface area contributed by atoms with Crippen LogP contribution in [0, 0.1) is 0 Å². The van der Waals surface area contributed by atoms with Crippen molar-refractivity contribution in [2.45, 2.75) is 25.3 Å². The van der Waals surface area contributed by atoms with E-state index in [1.54, 1.807) is 6.07 Å². The van der Waals surface area contributed by atoms with Crippen LogP contribution in [0.4, 0.5) is 13.2 Å². The Morgan fingerprint density at radius 3 is 2.52 bits per heavy atom. The van der Waals surface area contributed by atoms with Crippen LogP contribution in [-0.2, 0) is 6.42 Å². The van der Waals surface area contributed by atoms with Crippen molar-refractivity contribution >= 4 is 0 Å². The molecule has 134 valence electrons. The van der Waals surface area contributed by atoms with Gasteiger partial charge >= 0.3 is 6.36 Å². The third kappa shape index (κ3) is 5.67. The molecule has 0 aromatic heterocycles. The summed E-state index contributed by atoms with van der Waals surface area (Å²) in [7, 11) is 0. The van der Waals surface area contributed by atoms with Crippen LogP contribution < -0.4 is 9.47 Å². The lowest BCUT2D eigenvalue weighted by Gasteiger charge is -2.17. The first-order chi connectivity index (χ1) is 12.0. The van der Waals surface area contributed by atoms with E-state index < -0.39 is 6.36 Å². The number of alkyl halides is 3. The normalized spacial score (nSPS) is 18.3. The molecule has 1 aliphatic rings. The van der Waals surface area contributed by atoms with Gasteiger partial charge in [-0.25, -0.2) is 0 Å². The molecule has 1 unspecified atom stereocenters. The number of ether oxygens (including phenoxy) is 2. The summed E-state index contributed by atoms with van der Waals surface area (Å²) in [5.74, 6) is 0.697. The zero-order valence-electron chi connectivity index (χ0n) is 13.7. The van der Waals surface area contributed by atoms with Crippen LogP contribution >= 0.6 is 0 Å². The van der Waals surface area contributed by atoms with E-state index in [1.807, 2.05) is 36.4 Å². The van der Waals surface area contributed by atoms with Gasteiger partial charge in [0, 0.05) is 19.6 Å². The van der Waals surface area contributed by atoms with Crippen molar-refractivity contribution in [3.8, 4) is 11.5 Å². The molecule has 1 heterocycles. The second-order valence-corrected chi connectivity index (χ2v) is 6.09. The van der Waals surface area contributed by atoms with Crippen molar-refractivity contribution in [3.05, 3.63) is 60.2 Å². The van der Waals surface area contributed by atoms with E-state index in [0.29, 0.717) is 6.42 Å². The molecule has 0 bridgehead atoms. The first kappa shape index (κ1) is 17.6. The van der Waals surface area contributed by atoms with Crippen LogP contribution in [0.3, 0.4) is 0 Å². The molecule has 1 saturated heterocycles. The lowest BCUT2D eigenvalue weighted by Crippen LogP contribution is -2.26. The third-order valence-electron chi connectivity index (χ3n) is 4.12. The number of nitrogens with zero attached hydrogens (tertiary/aromatic N) is 1. The van der Waals surface area contributed by atoms with E-state index in [2.05, 4.69) is 9.64 Å². The Hall–Kier alpha value is -2.21. The van der Waals surface area contributed by atoms with E-state index in [0.717, 1.165) is 37.4 Å².